The number of nitrogens with two attached hydrogens (primary N) is 1. The number of hydrogen-bond donors (Lipinski definition) is 1. The minimum atomic E-state index is -1.09. The first-order valence-corrected chi connectivity index (χ1v) is 6.48. The summed E-state index contributed by atoms with van der Waals surface area (Å²) in [6.07, 6.45) is 0.348. The standard InChI is InChI=1S/C15H14N2O5/c1-3-6-17-13(19)10-5-4-9(7-11(10)14(17)20)15(21)22-8(2)12(16)18/h3-5,7-8H,1,6H2,2H3,(H2,16,18)/t8-/m0/s1. The van der Waals surface area contributed by atoms with E-state index in [0.29, 0.717) is 0 Å². The van der Waals surface area contributed by atoms with Gasteiger partial charge in [0.1, 0.15) is 0 Å². The van der Waals surface area contributed by atoms with Crippen molar-refractivity contribution in [2.75, 3.05) is 6.54 Å². The number of fused-ring (bicyclic) bond motifs is 1. The topological polar surface area (TPSA) is 107 Å². The first kappa shape index (κ1) is 15.4. The van der Waals surface area contributed by atoms with Crippen LogP contribution in [0.1, 0.15) is 38.0 Å². The lowest BCUT2D eigenvalue weighted by molar-refractivity contribution is -0.125. The van der Waals surface area contributed by atoms with E-state index >= 15 is 0 Å². The Morgan fingerprint density at radius 3 is 2.55 bits per heavy atom. The Labute approximate surface area is 126 Å². The molecule has 1 aliphatic heterocycles. The van der Waals surface area contributed by atoms with Crippen molar-refractivity contribution in [3.63, 3.8) is 0 Å². The van der Waals surface area contributed by atoms with Gasteiger partial charge in [-0.15, -0.1) is 6.58 Å². The van der Waals surface area contributed by atoms with E-state index in [1.165, 1.54) is 31.2 Å². The lowest BCUT2D eigenvalue weighted by Crippen LogP contribution is -2.30. The van der Waals surface area contributed by atoms with Gasteiger partial charge in [0, 0.05) is 6.54 Å². The number of ether oxygens (including phenoxy) is 1. The van der Waals surface area contributed by atoms with Crippen LogP contribution in [0, 0.1) is 0 Å². The summed E-state index contributed by atoms with van der Waals surface area (Å²) in [7, 11) is 0. The highest BCUT2D eigenvalue weighted by atomic mass is 16.5. The summed E-state index contributed by atoms with van der Waals surface area (Å²) in [4.78, 5) is 48.0. The van der Waals surface area contributed by atoms with Gasteiger partial charge < -0.3 is 10.5 Å². The maximum Gasteiger partial charge on any atom is 0.338 e. The van der Waals surface area contributed by atoms with Crippen LogP contribution in [0.4, 0.5) is 0 Å². The van der Waals surface area contributed by atoms with Crippen LogP contribution in [0.5, 0.6) is 0 Å². The van der Waals surface area contributed by atoms with Crippen LogP contribution in [0.3, 0.4) is 0 Å². The molecule has 1 aromatic carbocycles. The molecule has 0 unspecified atom stereocenters. The Balaban J connectivity index is 2.29. The molecule has 0 saturated heterocycles. The monoisotopic (exact) mass is 302 g/mol. The van der Waals surface area contributed by atoms with Crippen LogP contribution in [-0.4, -0.2) is 41.2 Å². The maximum atomic E-state index is 12.1. The predicted molar refractivity (Wildman–Crippen MR) is 76.1 cm³/mol. The van der Waals surface area contributed by atoms with Crippen LogP contribution >= 0.6 is 0 Å². The largest absolute Gasteiger partial charge is 0.449 e. The third kappa shape index (κ3) is 2.60. The fourth-order valence-corrected chi connectivity index (χ4v) is 2.00. The molecule has 0 aromatic heterocycles. The van der Waals surface area contributed by atoms with Gasteiger partial charge in [-0.1, -0.05) is 6.08 Å². The number of amides is 3. The Morgan fingerprint density at radius 1 is 1.32 bits per heavy atom. The number of carbonyl (C=O) groups is 4. The Kier molecular flexibility index (Phi) is 4.07. The van der Waals surface area contributed by atoms with Crippen LogP contribution in [0.15, 0.2) is 30.9 Å². The Bertz CT molecular complexity index is 695. The van der Waals surface area contributed by atoms with Gasteiger partial charge in [0.2, 0.25) is 0 Å². The average molecular weight is 302 g/mol. The number of rotatable bonds is 5. The number of nitrogens with zero attached hydrogens (tertiary/aromatic N) is 1. The number of carbonyl (C=O) groups excluding carboxylic acids is 4. The fraction of sp³-hybridized carbons (Fsp3) is 0.200. The van der Waals surface area contributed by atoms with Crippen molar-refractivity contribution >= 4 is 23.7 Å². The quantitative estimate of drug-likeness (QED) is 0.484. The second-order valence-electron chi connectivity index (χ2n) is 4.72. The molecule has 0 radical (unpaired) electrons. The molecule has 1 aromatic rings. The zero-order chi connectivity index (χ0) is 16.4. The van der Waals surface area contributed by atoms with Gasteiger partial charge in [-0.25, -0.2) is 4.79 Å². The van der Waals surface area contributed by atoms with Gasteiger partial charge in [0.15, 0.2) is 6.10 Å². The van der Waals surface area contributed by atoms with Crippen LogP contribution < -0.4 is 5.73 Å². The van der Waals surface area contributed by atoms with E-state index in [1.807, 2.05) is 0 Å². The van der Waals surface area contributed by atoms with Crippen molar-refractivity contribution in [3.05, 3.63) is 47.5 Å². The van der Waals surface area contributed by atoms with Crippen LogP contribution in [0.2, 0.25) is 0 Å². The summed E-state index contributed by atoms with van der Waals surface area (Å²) in [5, 5.41) is 0. The average Bonchev–Trinajstić information content (AvgIpc) is 2.72. The number of hydrogen-bond acceptors (Lipinski definition) is 5. The van der Waals surface area contributed by atoms with E-state index in [4.69, 9.17) is 10.5 Å². The third-order valence-electron chi connectivity index (χ3n) is 3.20. The fourth-order valence-electron chi connectivity index (χ4n) is 2.00. The summed E-state index contributed by atoms with van der Waals surface area (Å²) < 4.78 is 4.85. The van der Waals surface area contributed by atoms with Crippen molar-refractivity contribution in [2.45, 2.75) is 13.0 Å². The van der Waals surface area contributed by atoms with Gasteiger partial charge in [-0.2, -0.15) is 0 Å². The highest BCUT2D eigenvalue weighted by molar-refractivity contribution is 6.22. The van der Waals surface area contributed by atoms with Gasteiger partial charge in [-0.05, 0) is 25.1 Å². The maximum absolute atomic E-state index is 12.1. The smallest absolute Gasteiger partial charge is 0.338 e. The van der Waals surface area contributed by atoms with Crippen molar-refractivity contribution in [2.24, 2.45) is 5.73 Å². The minimum Gasteiger partial charge on any atom is -0.449 e. The first-order valence-electron chi connectivity index (χ1n) is 6.48. The van der Waals surface area contributed by atoms with Crippen molar-refractivity contribution < 1.29 is 23.9 Å². The van der Waals surface area contributed by atoms with E-state index in [2.05, 4.69) is 6.58 Å². The van der Waals surface area contributed by atoms with E-state index in [-0.39, 0.29) is 23.2 Å². The van der Waals surface area contributed by atoms with E-state index in [1.54, 1.807) is 0 Å². The number of imide groups is 1. The molecular formula is C15H14N2O5. The zero-order valence-electron chi connectivity index (χ0n) is 11.9. The number of primary amides is 1. The number of esters is 1. The molecule has 3 amide bonds. The molecule has 2 N–H and O–H groups in total. The van der Waals surface area contributed by atoms with Crippen molar-refractivity contribution in [1.29, 1.82) is 0 Å². The summed E-state index contributed by atoms with van der Waals surface area (Å²) in [6, 6.07) is 4.01. The second kappa shape index (κ2) is 5.80. The van der Waals surface area contributed by atoms with Gasteiger partial charge in [0.05, 0.1) is 16.7 Å². The minimum absolute atomic E-state index is 0.0634. The Hall–Kier alpha value is -2.96. The van der Waals surface area contributed by atoms with Gasteiger partial charge >= 0.3 is 5.97 Å². The van der Waals surface area contributed by atoms with Crippen molar-refractivity contribution in [1.82, 2.24) is 4.90 Å². The molecule has 0 spiro atoms. The predicted octanol–water partition coefficient (Wildman–Crippen LogP) is 0.499. The molecule has 0 aliphatic carbocycles. The van der Waals surface area contributed by atoms with Crippen molar-refractivity contribution in [3.8, 4) is 0 Å². The third-order valence-corrected chi connectivity index (χ3v) is 3.20. The van der Waals surface area contributed by atoms with Gasteiger partial charge in [0.25, 0.3) is 17.7 Å². The molecule has 0 bridgehead atoms. The van der Waals surface area contributed by atoms with E-state index in [9.17, 15) is 19.2 Å². The second-order valence-corrected chi connectivity index (χ2v) is 4.72. The highest BCUT2D eigenvalue weighted by Gasteiger charge is 2.35. The van der Waals surface area contributed by atoms with E-state index < -0.39 is 29.8 Å². The molecule has 22 heavy (non-hydrogen) atoms. The molecule has 114 valence electrons. The lowest BCUT2D eigenvalue weighted by Gasteiger charge is -2.10. The van der Waals surface area contributed by atoms with Crippen LogP contribution in [0.25, 0.3) is 0 Å². The normalized spacial score (nSPS) is 14.5. The highest BCUT2D eigenvalue weighted by Crippen LogP contribution is 2.24. The Morgan fingerprint density at radius 2 is 1.95 bits per heavy atom. The zero-order valence-corrected chi connectivity index (χ0v) is 11.9. The lowest BCUT2D eigenvalue weighted by atomic mass is 10.1. The molecule has 7 heteroatoms. The molecule has 2 rings (SSSR count). The number of benzene rings is 1. The molecule has 1 atom stereocenters. The summed E-state index contributed by atoms with van der Waals surface area (Å²) >= 11 is 0. The molecule has 7 nitrogen and oxygen atoms in total. The molecule has 1 heterocycles. The van der Waals surface area contributed by atoms with Gasteiger partial charge in [-0.3, -0.25) is 19.3 Å². The van der Waals surface area contributed by atoms with Crippen LogP contribution in [-0.2, 0) is 9.53 Å². The molecule has 0 saturated carbocycles. The summed E-state index contributed by atoms with van der Waals surface area (Å²) in [6.45, 7) is 4.92. The van der Waals surface area contributed by atoms with E-state index in [0.717, 1.165) is 4.90 Å². The SMILES string of the molecule is C=CCN1C(=O)c2ccc(C(=O)O[C@@H](C)C(N)=O)cc2C1=O. The summed E-state index contributed by atoms with van der Waals surface area (Å²) in [5.74, 6) is -2.52. The molecule has 0 fully saturated rings. The molecule has 1 aliphatic rings. The molecular weight excluding hydrogens is 288 g/mol. The first-order chi connectivity index (χ1) is 10.4. The summed E-state index contributed by atoms with van der Waals surface area (Å²) in [5.41, 5.74) is 5.41.